The number of anilines is 1. The van der Waals surface area contributed by atoms with Gasteiger partial charge in [0.1, 0.15) is 5.41 Å². The minimum atomic E-state index is -0.990. The van der Waals surface area contributed by atoms with E-state index in [1.165, 1.54) is 5.56 Å². The molecule has 20 heavy (non-hydrogen) atoms. The summed E-state index contributed by atoms with van der Waals surface area (Å²) in [6, 6.07) is 6.69. The molecule has 1 aromatic carbocycles. The standard InChI is InChI=1S/C15H16N2O3/c1-2-3-10-4-6-11(7-5-10)17-13(19)15(8-9-15)12(18)16-14(17)20/h4-7H,2-3,8-9H2,1H3,(H,16,18,20). The zero-order valence-corrected chi connectivity index (χ0v) is 11.3. The van der Waals surface area contributed by atoms with E-state index in [9.17, 15) is 14.4 Å². The van der Waals surface area contributed by atoms with Crippen LogP contribution in [0.15, 0.2) is 24.3 Å². The number of nitrogens with one attached hydrogen (secondary N) is 1. The lowest BCUT2D eigenvalue weighted by atomic mass is 10.0. The molecule has 0 bridgehead atoms. The Kier molecular flexibility index (Phi) is 2.85. The highest BCUT2D eigenvalue weighted by Crippen LogP contribution is 2.49. The Morgan fingerprint density at radius 3 is 2.35 bits per heavy atom. The SMILES string of the molecule is CCCc1ccc(N2C(=O)NC(=O)C3(CC3)C2=O)cc1. The summed E-state index contributed by atoms with van der Waals surface area (Å²) in [5.74, 6) is -0.846. The molecule has 5 heteroatoms. The quantitative estimate of drug-likeness (QED) is 0.856. The van der Waals surface area contributed by atoms with Crippen molar-refractivity contribution in [1.82, 2.24) is 5.32 Å². The summed E-state index contributed by atoms with van der Waals surface area (Å²) >= 11 is 0. The van der Waals surface area contributed by atoms with E-state index in [1.807, 2.05) is 12.1 Å². The van der Waals surface area contributed by atoms with Crippen molar-refractivity contribution in [3.05, 3.63) is 29.8 Å². The molecule has 1 aliphatic carbocycles. The third-order valence-electron chi connectivity index (χ3n) is 3.95. The molecule has 1 saturated heterocycles. The Morgan fingerprint density at radius 1 is 1.15 bits per heavy atom. The van der Waals surface area contributed by atoms with E-state index in [4.69, 9.17) is 0 Å². The van der Waals surface area contributed by atoms with Crippen LogP contribution >= 0.6 is 0 Å². The highest BCUT2D eigenvalue weighted by atomic mass is 16.2. The molecular weight excluding hydrogens is 256 g/mol. The highest BCUT2D eigenvalue weighted by molar-refractivity contribution is 6.31. The molecule has 1 saturated carbocycles. The Labute approximate surface area is 116 Å². The van der Waals surface area contributed by atoms with E-state index in [-0.39, 0.29) is 0 Å². The molecule has 0 atom stereocenters. The fraction of sp³-hybridized carbons (Fsp3) is 0.400. The maximum absolute atomic E-state index is 12.4. The van der Waals surface area contributed by atoms with Crippen molar-refractivity contribution >= 4 is 23.5 Å². The van der Waals surface area contributed by atoms with E-state index in [0.29, 0.717) is 18.5 Å². The fourth-order valence-corrected chi connectivity index (χ4v) is 2.58. The minimum absolute atomic E-state index is 0.394. The summed E-state index contributed by atoms with van der Waals surface area (Å²) in [6.07, 6.45) is 3.05. The topological polar surface area (TPSA) is 66.5 Å². The number of nitrogens with zero attached hydrogens (tertiary/aromatic N) is 1. The maximum Gasteiger partial charge on any atom is 0.335 e. The largest absolute Gasteiger partial charge is 0.335 e. The van der Waals surface area contributed by atoms with Gasteiger partial charge in [-0.3, -0.25) is 14.9 Å². The van der Waals surface area contributed by atoms with Crippen molar-refractivity contribution in [2.45, 2.75) is 32.6 Å². The second-order valence-electron chi connectivity index (χ2n) is 5.40. The summed E-state index contributed by atoms with van der Waals surface area (Å²) < 4.78 is 0. The smallest absolute Gasteiger partial charge is 0.276 e. The van der Waals surface area contributed by atoms with Gasteiger partial charge in [0, 0.05) is 0 Å². The first-order chi connectivity index (χ1) is 9.58. The Balaban J connectivity index is 1.90. The Hall–Kier alpha value is -2.17. The van der Waals surface area contributed by atoms with Crippen LogP contribution in [0, 0.1) is 5.41 Å². The van der Waals surface area contributed by atoms with E-state index in [1.54, 1.807) is 12.1 Å². The second kappa shape index (κ2) is 4.44. The first-order valence-electron chi connectivity index (χ1n) is 6.87. The number of amides is 4. The van der Waals surface area contributed by atoms with Crippen molar-refractivity contribution in [1.29, 1.82) is 0 Å². The Bertz CT molecular complexity index is 588. The van der Waals surface area contributed by atoms with E-state index in [0.717, 1.165) is 17.7 Å². The average molecular weight is 272 g/mol. The number of imide groups is 2. The molecule has 0 unspecified atom stereocenters. The molecule has 104 valence electrons. The zero-order valence-electron chi connectivity index (χ0n) is 11.3. The number of hydrogen-bond donors (Lipinski definition) is 1. The zero-order chi connectivity index (χ0) is 14.3. The molecule has 4 amide bonds. The monoisotopic (exact) mass is 272 g/mol. The number of hydrogen-bond acceptors (Lipinski definition) is 3. The summed E-state index contributed by atoms with van der Waals surface area (Å²) in [4.78, 5) is 37.1. The normalized spacial score (nSPS) is 20.2. The maximum atomic E-state index is 12.4. The summed E-state index contributed by atoms with van der Waals surface area (Å²) in [5.41, 5.74) is 0.695. The molecule has 1 aliphatic heterocycles. The van der Waals surface area contributed by atoms with E-state index in [2.05, 4.69) is 12.2 Å². The molecule has 0 radical (unpaired) electrons. The molecular formula is C15H16N2O3. The van der Waals surface area contributed by atoms with Gasteiger partial charge in [-0.1, -0.05) is 25.5 Å². The van der Waals surface area contributed by atoms with Crippen LogP contribution < -0.4 is 10.2 Å². The number of benzene rings is 1. The molecule has 1 N–H and O–H groups in total. The molecule has 1 spiro atoms. The minimum Gasteiger partial charge on any atom is -0.276 e. The summed E-state index contributed by atoms with van der Waals surface area (Å²) in [6.45, 7) is 2.10. The lowest BCUT2D eigenvalue weighted by molar-refractivity contribution is -0.136. The number of rotatable bonds is 3. The van der Waals surface area contributed by atoms with E-state index < -0.39 is 23.3 Å². The third kappa shape index (κ3) is 1.81. The van der Waals surface area contributed by atoms with Crippen LogP contribution in [0.4, 0.5) is 10.5 Å². The molecule has 1 heterocycles. The lowest BCUT2D eigenvalue weighted by Crippen LogP contribution is -2.59. The molecule has 5 nitrogen and oxygen atoms in total. The van der Waals surface area contributed by atoms with Crippen LogP contribution in [0.2, 0.25) is 0 Å². The number of urea groups is 1. The van der Waals surface area contributed by atoms with Crippen LogP contribution in [0.5, 0.6) is 0 Å². The molecule has 3 rings (SSSR count). The molecule has 1 aromatic rings. The first kappa shape index (κ1) is 12.8. The van der Waals surface area contributed by atoms with Crippen molar-refractivity contribution in [3.63, 3.8) is 0 Å². The van der Waals surface area contributed by atoms with Gasteiger partial charge in [0.25, 0.3) is 5.91 Å². The van der Waals surface area contributed by atoms with Crippen molar-refractivity contribution in [2.24, 2.45) is 5.41 Å². The Morgan fingerprint density at radius 2 is 1.80 bits per heavy atom. The van der Waals surface area contributed by atoms with Gasteiger partial charge < -0.3 is 0 Å². The van der Waals surface area contributed by atoms with Gasteiger partial charge in [-0.2, -0.15) is 0 Å². The average Bonchev–Trinajstić information content (AvgIpc) is 3.21. The van der Waals surface area contributed by atoms with Gasteiger partial charge in [-0.05, 0) is 37.0 Å². The number of aryl methyl sites for hydroxylation is 1. The van der Waals surface area contributed by atoms with Crippen LogP contribution in [-0.2, 0) is 16.0 Å². The van der Waals surface area contributed by atoms with Gasteiger partial charge in [-0.25, -0.2) is 9.69 Å². The van der Waals surface area contributed by atoms with Crippen LogP contribution in [-0.4, -0.2) is 17.8 Å². The van der Waals surface area contributed by atoms with Crippen molar-refractivity contribution in [2.75, 3.05) is 4.90 Å². The summed E-state index contributed by atoms with van der Waals surface area (Å²) in [7, 11) is 0. The second-order valence-corrected chi connectivity index (χ2v) is 5.40. The molecule has 2 fully saturated rings. The van der Waals surface area contributed by atoms with Gasteiger partial charge in [0.05, 0.1) is 5.69 Å². The van der Waals surface area contributed by atoms with Gasteiger partial charge >= 0.3 is 6.03 Å². The predicted octanol–water partition coefficient (Wildman–Crippen LogP) is 2.00. The predicted molar refractivity (Wildman–Crippen MR) is 73.1 cm³/mol. The van der Waals surface area contributed by atoms with Crippen molar-refractivity contribution in [3.8, 4) is 0 Å². The number of carbonyl (C=O) groups excluding carboxylic acids is 3. The molecule has 0 aromatic heterocycles. The van der Waals surface area contributed by atoms with Gasteiger partial charge in [0.15, 0.2) is 0 Å². The molecule has 2 aliphatic rings. The number of barbiturate groups is 1. The van der Waals surface area contributed by atoms with Crippen LogP contribution in [0.3, 0.4) is 0 Å². The number of carbonyl (C=O) groups is 3. The van der Waals surface area contributed by atoms with Crippen LogP contribution in [0.1, 0.15) is 31.7 Å². The van der Waals surface area contributed by atoms with Crippen LogP contribution in [0.25, 0.3) is 0 Å². The summed E-state index contributed by atoms with van der Waals surface area (Å²) in [5, 5.41) is 2.28. The van der Waals surface area contributed by atoms with Crippen molar-refractivity contribution < 1.29 is 14.4 Å². The third-order valence-corrected chi connectivity index (χ3v) is 3.95. The van der Waals surface area contributed by atoms with E-state index >= 15 is 0 Å². The first-order valence-corrected chi connectivity index (χ1v) is 6.87. The van der Waals surface area contributed by atoms with Gasteiger partial charge in [-0.15, -0.1) is 0 Å². The van der Waals surface area contributed by atoms with Gasteiger partial charge in [0.2, 0.25) is 5.91 Å². The highest BCUT2D eigenvalue weighted by Gasteiger charge is 2.62. The lowest BCUT2D eigenvalue weighted by Gasteiger charge is -2.30. The fourth-order valence-electron chi connectivity index (χ4n) is 2.58.